The standard InChI is InChI=1S/C24H42ClNO2S/c1-2-3-4-5-6-7-8-9-10-11-12-13-14-19-26(25)23(20-27)24(28)21-15-17-22(29)18-16-21/h15-18,23-24,27-29H,2-14,19-20H2,1H3. The molecule has 0 saturated heterocycles. The van der Waals surface area contributed by atoms with Crippen LogP contribution in [0, 0.1) is 0 Å². The van der Waals surface area contributed by atoms with E-state index in [1.807, 2.05) is 24.3 Å². The van der Waals surface area contributed by atoms with Crippen molar-refractivity contribution < 1.29 is 10.2 Å². The first-order valence-corrected chi connectivity index (χ1v) is 12.4. The highest BCUT2D eigenvalue weighted by atomic mass is 35.5. The van der Waals surface area contributed by atoms with E-state index in [0.717, 1.165) is 23.3 Å². The lowest BCUT2D eigenvalue weighted by Crippen LogP contribution is -2.37. The maximum atomic E-state index is 10.5. The lowest BCUT2D eigenvalue weighted by molar-refractivity contribution is 0.0524. The predicted molar refractivity (Wildman–Crippen MR) is 128 cm³/mol. The molecule has 0 aromatic heterocycles. The fourth-order valence-electron chi connectivity index (χ4n) is 3.68. The summed E-state index contributed by atoms with van der Waals surface area (Å²) in [6, 6.07) is 6.82. The van der Waals surface area contributed by atoms with Crippen LogP contribution in [-0.2, 0) is 0 Å². The first-order chi connectivity index (χ1) is 14.1. The monoisotopic (exact) mass is 443 g/mol. The molecule has 0 spiro atoms. The highest BCUT2D eigenvalue weighted by Gasteiger charge is 2.25. The molecule has 0 bridgehead atoms. The first-order valence-electron chi connectivity index (χ1n) is 11.6. The smallest absolute Gasteiger partial charge is 0.0980 e. The average molecular weight is 444 g/mol. The van der Waals surface area contributed by atoms with Crippen molar-refractivity contribution >= 4 is 24.4 Å². The van der Waals surface area contributed by atoms with Gasteiger partial charge in [-0.25, -0.2) is 4.42 Å². The van der Waals surface area contributed by atoms with Gasteiger partial charge in [-0.05, 0) is 35.9 Å². The Morgan fingerprint density at radius 2 is 1.28 bits per heavy atom. The van der Waals surface area contributed by atoms with Crippen molar-refractivity contribution in [2.75, 3.05) is 13.2 Å². The molecule has 168 valence electrons. The maximum absolute atomic E-state index is 10.5. The molecule has 5 heteroatoms. The largest absolute Gasteiger partial charge is 0.395 e. The minimum atomic E-state index is -0.812. The fraction of sp³-hybridized carbons (Fsp3) is 0.750. The summed E-state index contributed by atoms with van der Waals surface area (Å²) in [6.07, 6.45) is 16.2. The summed E-state index contributed by atoms with van der Waals surface area (Å²) in [5.41, 5.74) is 0.748. The van der Waals surface area contributed by atoms with Gasteiger partial charge >= 0.3 is 0 Å². The van der Waals surface area contributed by atoms with Crippen LogP contribution < -0.4 is 0 Å². The number of halogens is 1. The molecular weight excluding hydrogens is 402 g/mol. The van der Waals surface area contributed by atoms with Crippen LogP contribution in [0.1, 0.15) is 102 Å². The molecule has 1 aromatic rings. The number of hydrogen-bond acceptors (Lipinski definition) is 4. The van der Waals surface area contributed by atoms with Crippen LogP contribution in [0.3, 0.4) is 0 Å². The van der Waals surface area contributed by atoms with Crippen LogP contribution in [0.15, 0.2) is 29.2 Å². The average Bonchev–Trinajstić information content (AvgIpc) is 2.72. The van der Waals surface area contributed by atoms with Gasteiger partial charge in [0.15, 0.2) is 0 Å². The predicted octanol–water partition coefficient (Wildman–Crippen LogP) is 6.92. The SMILES string of the molecule is CCCCCCCCCCCCCCCN(Cl)C(CO)C(O)c1ccc(S)cc1. The molecule has 0 heterocycles. The van der Waals surface area contributed by atoms with Gasteiger partial charge in [0.1, 0.15) is 0 Å². The van der Waals surface area contributed by atoms with E-state index >= 15 is 0 Å². The molecule has 1 aromatic carbocycles. The summed E-state index contributed by atoms with van der Waals surface area (Å²) in [5, 5.41) is 20.2. The van der Waals surface area contributed by atoms with Gasteiger partial charge in [0.05, 0.1) is 18.8 Å². The van der Waals surface area contributed by atoms with Crippen LogP contribution in [0.5, 0.6) is 0 Å². The molecule has 2 N–H and O–H groups in total. The minimum absolute atomic E-state index is 0.175. The molecule has 0 fully saturated rings. The van der Waals surface area contributed by atoms with E-state index in [1.54, 1.807) is 4.42 Å². The number of aliphatic hydroxyl groups is 2. The van der Waals surface area contributed by atoms with Gasteiger partial charge < -0.3 is 10.2 Å². The number of rotatable bonds is 18. The molecule has 0 radical (unpaired) electrons. The molecule has 3 nitrogen and oxygen atoms in total. The van der Waals surface area contributed by atoms with E-state index in [0.29, 0.717) is 6.54 Å². The van der Waals surface area contributed by atoms with Crippen molar-refractivity contribution in [3.8, 4) is 0 Å². The van der Waals surface area contributed by atoms with Crippen molar-refractivity contribution in [2.45, 2.75) is 107 Å². The van der Waals surface area contributed by atoms with Crippen molar-refractivity contribution in [1.82, 2.24) is 4.42 Å². The molecule has 0 aliphatic rings. The van der Waals surface area contributed by atoms with Gasteiger partial charge in [0.2, 0.25) is 0 Å². The van der Waals surface area contributed by atoms with E-state index in [9.17, 15) is 10.2 Å². The Labute approximate surface area is 189 Å². The van der Waals surface area contributed by atoms with E-state index in [2.05, 4.69) is 19.6 Å². The summed E-state index contributed by atoms with van der Waals surface area (Å²) in [5.74, 6) is 0. The van der Waals surface area contributed by atoms with Gasteiger partial charge in [-0.3, -0.25) is 0 Å². The number of unbranched alkanes of at least 4 members (excludes halogenated alkanes) is 12. The zero-order chi connectivity index (χ0) is 21.3. The lowest BCUT2D eigenvalue weighted by atomic mass is 10.0. The first kappa shape index (κ1) is 26.8. The normalized spacial score (nSPS) is 13.7. The third-order valence-corrected chi connectivity index (χ3v) is 6.34. The van der Waals surface area contributed by atoms with E-state index in [-0.39, 0.29) is 6.61 Å². The summed E-state index contributed by atoms with van der Waals surface area (Å²) >= 11 is 10.6. The molecule has 0 amide bonds. The quantitative estimate of drug-likeness (QED) is 0.131. The van der Waals surface area contributed by atoms with Crippen LogP contribution in [-0.4, -0.2) is 33.8 Å². The van der Waals surface area contributed by atoms with Gasteiger partial charge in [0, 0.05) is 11.4 Å². The highest BCUT2D eigenvalue weighted by molar-refractivity contribution is 7.80. The fourth-order valence-corrected chi connectivity index (χ4v) is 4.12. The van der Waals surface area contributed by atoms with Crippen molar-refractivity contribution in [1.29, 1.82) is 0 Å². The summed E-state index contributed by atoms with van der Waals surface area (Å²) in [6.45, 7) is 2.76. The second kappa shape index (κ2) is 17.4. The number of aliphatic hydroxyl groups excluding tert-OH is 2. The Morgan fingerprint density at radius 3 is 1.72 bits per heavy atom. The molecule has 1 rings (SSSR count). The van der Waals surface area contributed by atoms with E-state index in [1.165, 1.54) is 70.6 Å². The van der Waals surface area contributed by atoms with Crippen LogP contribution in [0.25, 0.3) is 0 Å². The van der Waals surface area contributed by atoms with Crippen molar-refractivity contribution in [3.63, 3.8) is 0 Å². The molecular formula is C24H42ClNO2S. The number of thiol groups is 1. The Hall–Kier alpha value is -0.260. The second-order valence-electron chi connectivity index (χ2n) is 8.15. The van der Waals surface area contributed by atoms with Gasteiger partial charge in [0.25, 0.3) is 0 Å². The zero-order valence-electron chi connectivity index (χ0n) is 18.2. The summed E-state index contributed by atoms with van der Waals surface area (Å²) in [4.78, 5) is 0.844. The lowest BCUT2D eigenvalue weighted by Gasteiger charge is -2.28. The molecule has 2 atom stereocenters. The Morgan fingerprint density at radius 1 is 0.828 bits per heavy atom. The number of nitrogens with zero attached hydrogens (tertiary/aromatic N) is 1. The van der Waals surface area contributed by atoms with E-state index in [4.69, 9.17) is 11.8 Å². The van der Waals surface area contributed by atoms with Gasteiger partial charge in [-0.1, -0.05) is 96.1 Å². The molecule has 0 aliphatic heterocycles. The van der Waals surface area contributed by atoms with E-state index < -0.39 is 12.1 Å². The third kappa shape index (κ3) is 12.2. The van der Waals surface area contributed by atoms with Crippen LogP contribution >= 0.6 is 24.4 Å². The Bertz CT molecular complexity index is 500. The molecule has 2 unspecified atom stereocenters. The number of hydrogen-bond donors (Lipinski definition) is 3. The highest BCUT2D eigenvalue weighted by Crippen LogP contribution is 2.24. The maximum Gasteiger partial charge on any atom is 0.0980 e. The molecule has 0 aliphatic carbocycles. The topological polar surface area (TPSA) is 43.7 Å². The zero-order valence-corrected chi connectivity index (χ0v) is 19.9. The van der Waals surface area contributed by atoms with Crippen molar-refractivity contribution in [3.05, 3.63) is 29.8 Å². The molecule has 0 saturated carbocycles. The number of benzene rings is 1. The Balaban J connectivity index is 2.07. The second-order valence-corrected chi connectivity index (χ2v) is 9.10. The van der Waals surface area contributed by atoms with Crippen LogP contribution in [0.4, 0.5) is 0 Å². The minimum Gasteiger partial charge on any atom is -0.395 e. The van der Waals surface area contributed by atoms with Gasteiger partial charge in [-0.2, -0.15) is 0 Å². The third-order valence-electron chi connectivity index (χ3n) is 5.62. The van der Waals surface area contributed by atoms with Crippen molar-refractivity contribution in [2.24, 2.45) is 0 Å². The Kier molecular flexibility index (Phi) is 16.1. The molecule has 29 heavy (non-hydrogen) atoms. The summed E-state index contributed by atoms with van der Waals surface area (Å²) in [7, 11) is 0. The van der Waals surface area contributed by atoms with Gasteiger partial charge in [-0.15, -0.1) is 12.6 Å². The van der Waals surface area contributed by atoms with Crippen LogP contribution in [0.2, 0.25) is 0 Å². The summed E-state index contributed by atoms with van der Waals surface area (Å²) < 4.78 is 1.57.